The monoisotopic (exact) mass is 400 g/mol. The number of ether oxygens (including phenoxy) is 1. The number of anilines is 1. The van der Waals surface area contributed by atoms with Crippen molar-refractivity contribution < 1.29 is 9.84 Å². The van der Waals surface area contributed by atoms with E-state index in [1.165, 1.54) is 0 Å². The number of benzene rings is 1. The third-order valence-corrected chi connectivity index (χ3v) is 5.81. The van der Waals surface area contributed by atoms with Crippen LogP contribution in [-0.2, 0) is 0 Å². The minimum absolute atomic E-state index is 0.473. The van der Waals surface area contributed by atoms with Gasteiger partial charge in [0, 0.05) is 36.6 Å². The normalized spacial score (nSPS) is 17.0. The third kappa shape index (κ3) is 6.03. The van der Waals surface area contributed by atoms with Gasteiger partial charge in [-0.05, 0) is 71.9 Å². The molecular weight excluding hydrogens is 364 g/mol. The molecular formula is C23H36N4O2. The Bertz CT molecular complexity index is 810. The molecule has 6 nitrogen and oxygen atoms in total. The average molecular weight is 401 g/mol. The molecule has 0 aliphatic carbocycles. The number of methoxy groups -OCH3 is 1. The van der Waals surface area contributed by atoms with Gasteiger partial charge in [-0.3, -0.25) is 0 Å². The Morgan fingerprint density at radius 3 is 2.66 bits per heavy atom. The van der Waals surface area contributed by atoms with Crippen molar-refractivity contribution in [3.8, 4) is 5.75 Å². The van der Waals surface area contributed by atoms with Crippen molar-refractivity contribution in [2.75, 3.05) is 25.1 Å². The summed E-state index contributed by atoms with van der Waals surface area (Å²) in [5, 5.41) is 14.7. The van der Waals surface area contributed by atoms with Crippen LogP contribution in [0.1, 0.15) is 58.6 Å². The zero-order valence-corrected chi connectivity index (χ0v) is 18.5. The molecule has 3 rings (SSSR count). The lowest BCUT2D eigenvalue weighted by atomic mass is 9.98. The van der Waals surface area contributed by atoms with Crippen LogP contribution in [0.3, 0.4) is 0 Å². The largest absolute Gasteiger partial charge is 0.497 e. The maximum Gasteiger partial charge on any atom is 0.226 e. The molecule has 1 atom stereocenters. The molecule has 1 aliphatic rings. The van der Waals surface area contributed by atoms with Gasteiger partial charge in [-0.15, -0.1) is 0 Å². The summed E-state index contributed by atoms with van der Waals surface area (Å²) in [7, 11) is 1.68. The molecule has 1 unspecified atom stereocenters. The van der Waals surface area contributed by atoms with E-state index in [0.29, 0.717) is 12.1 Å². The number of aliphatic hydroxyl groups is 1. The van der Waals surface area contributed by atoms with Crippen LogP contribution in [0.2, 0.25) is 0 Å². The number of nitrogens with zero attached hydrogens (tertiary/aromatic N) is 3. The van der Waals surface area contributed by atoms with Crippen molar-refractivity contribution in [3.63, 3.8) is 0 Å². The minimum atomic E-state index is -0.562. The first-order valence-corrected chi connectivity index (χ1v) is 10.8. The molecule has 6 heteroatoms. The summed E-state index contributed by atoms with van der Waals surface area (Å²) < 4.78 is 5.35. The number of hydrogen-bond acceptors (Lipinski definition) is 6. The van der Waals surface area contributed by atoms with Gasteiger partial charge in [-0.25, -0.2) is 9.97 Å². The second kappa shape index (κ2) is 9.26. The fourth-order valence-electron chi connectivity index (χ4n) is 4.09. The van der Waals surface area contributed by atoms with Gasteiger partial charge in [-0.1, -0.05) is 0 Å². The van der Waals surface area contributed by atoms with Gasteiger partial charge in [-0.2, -0.15) is 0 Å². The van der Waals surface area contributed by atoms with E-state index in [0.717, 1.165) is 73.5 Å². The Hall–Kier alpha value is -1.92. The summed E-state index contributed by atoms with van der Waals surface area (Å²) in [4.78, 5) is 11.9. The lowest BCUT2D eigenvalue weighted by Gasteiger charge is -2.34. The van der Waals surface area contributed by atoms with E-state index in [1.807, 2.05) is 39.0 Å². The highest BCUT2D eigenvalue weighted by Gasteiger charge is 2.23. The van der Waals surface area contributed by atoms with E-state index in [2.05, 4.69) is 17.1 Å². The van der Waals surface area contributed by atoms with E-state index in [-0.39, 0.29) is 0 Å². The molecule has 2 N–H and O–H groups in total. The van der Waals surface area contributed by atoms with Gasteiger partial charge in [0.1, 0.15) is 5.75 Å². The van der Waals surface area contributed by atoms with Crippen LogP contribution in [0.5, 0.6) is 5.75 Å². The fourth-order valence-corrected chi connectivity index (χ4v) is 4.09. The van der Waals surface area contributed by atoms with Crippen LogP contribution < -0.4 is 15.0 Å². The molecule has 160 valence electrons. The maximum atomic E-state index is 9.86. The number of nitrogens with one attached hydrogen (secondary N) is 1. The van der Waals surface area contributed by atoms with E-state index in [9.17, 15) is 5.11 Å². The standard InChI is InChI=1S/C23H36N4O2/c1-16(7-6-12-23(3,4)28)24-18-10-13-27(14-11-18)22-25-17(2)20-9-8-19(29-5)15-21(20)26-22/h8-9,15-16,18,24,28H,6-7,10-14H2,1-5H3. The predicted molar refractivity (Wildman–Crippen MR) is 119 cm³/mol. The highest BCUT2D eigenvalue weighted by Crippen LogP contribution is 2.25. The lowest BCUT2D eigenvalue weighted by molar-refractivity contribution is 0.0673. The summed E-state index contributed by atoms with van der Waals surface area (Å²) in [6, 6.07) is 6.98. The van der Waals surface area contributed by atoms with Crippen LogP contribution in [0, 0.1) is 6.92 Å². The molecule has 0 spiro atoms. The molecule has 29 heavy (non-hydrogen) atoms. The Labute approximate surface area is 174 Å². The number of hydrogen-bond donors (Lipinski definition) is 2. The summed E-state index contributed by atoms with van der Waals surface area (Å²) in [5.41, 5.74) is 1.38. The second-order valence-corrected chi connectivity index (χ2v) is 9.03. The quantitative estimate of drug-likeness (QED) is 0.702. The van der Waals surface area contributed by atoms with E-state index < -0.39 is 5.60 Å². The third-order valence-electron chi connectivity index (χ3n) is 5.81. The van der Waals surface area contributed by atoms with Gasteiger partial charge in [0.2, 0.25) is 5.95 Å². The summed E-state index contributed by atoms with van der Waals surface area (Å²) >= 11 is 0. The van der Waals surface area contributed by atoms with Crippen LogP contribution in [0.25, 0.3) is 10.9 Å². The number of piperidine rings is 1. The second-order valence-electron chi connectivity index (χ2n) is 9.03. The molecule has 1 fully saturated rings. The average Bonchev–Trinajstić information content (AvgIpc) is 2.67. The molecule has 1 aliphatic heterocycles. The molecule has 0 radical (unpaired) electrons. The first-order valence-electron chi connectivity index (χ1n) is 10.8. The SMILES string of the molecule is COc1ccc2c(C)nc(N3CCC(NC(C)CCCC(C)(C)O)CC3)nc2c1. The maximum absolute atomic E-state index is 9.86. The van der Waals surface area contributed by atoms with Crippen molar-refractivity contribution in [2.24, 2.45) is 0 Å². The van der Waals surface area contributed by atoms with E-state index in [1.54, 1.807) is 7.11 Å². The highest BCUT2D eigenvalue weighted by atomic mass is 16.5. The van der Waals surface area contributed by atoms with Crippen molar-refractivity contribution in [1.82, 2.24) is 15.3 Å². The van der Waals surface area contributed by atoms with E-state index >= 15 is 0 Å². The molecule has 1 saturated heterocycles. The molecule has 0 bridgehead atoms. The van der Waals surface area contributed by atoms with Gasteiger partial charge in [0.25, 0.3) is 0 Å². The van der Waals surface area contributed by atoms with Crippen molar-refractivity contribution in [2.45, 2.75) is 77.5 Å². The topological polar surface area (TPSA) is 70.5 Å². The zero-order valence-electron chi connectivity index (χ0n) is 18.5. The van der Waals surface area contributed by atoms with Crippen molar-refractivity contribution in [3.05, 3.63) is 23.9 Å². The molecule has 0 amide bonds. The number of aryl methyl sites for hydroxylation is 1. The predicted octanol–water partition coefficient (Wildman–Crippen LogP) is 3.83. The number of rotatable bonds is 8. The summed E-state index contributed by atoms with van der Waals surface area (Å²) in [5.74, 6) is 1.64. The Morgan fingerprint density at radius 2 is 2.00 bits per heavy atom. The first-order chi connectivity index (χ1) is 13.7. The molecule has 1 aromatic heterocycles. The fraction of sp³-hybridized carbons (Fsp3) is 0.652. The van der Waals surface area contributed by atoms with Crippen LogP contribution >= 0.6 is 0 Å². The van der Waals surface area contributed by atoms with Gasteiger partial charge < -0.3 is 20.1 Å². The molecule has 0 saturated carbocycles. The highest BCUT2D eigenvalue weighted by molar-refractivity contribution is 5.83. The van der Waals surface area contributed by atoms with E-state index in [4.69, 9.17) is 14.7 Å². The molecule has 2 aromatic rings. The van der Waals surface area contributed by atoms with Gasteiger partial charge in [0.05, 0.1) is 23.9 Å². The lowest BCUT2D eigenvalue weighted by Crippen LogP contribution is -2.46. The van der Waals surface area contributed by atoms with Gasteiger partial charge in [0.15, 0.2) is 0 Å². The molecule has 2 heterocycles. The Morgan fingerprint density at radius 1 is 1.28 bits per heavy atom. The minimum Gasteiger partial charge on any atom is -0.497 e. The van der Waals surface area contributed by atoms with Crippen molar-refractivity contribution in [1.29, 1.82) is 0 Å². The molecule has 1 aromatic carbocycles. The summed E-state index contributed by atoms with van der Waals surface area (Å²) in [6.45, 7) is 9.98. The first kappa shape index (κ1) is 21.8. The Kier molecular flexibility index (Phi) is 6.96. The van der Waals surface area contributed by atoms with Crippen LogP contribution in [-0.4, -0.2) is 53.0 Å². The smallest absolute Gasteiger partial charge is 0.226 e. The summed E-state index contributed by atoms with van der Waals surface area (Å²) in [6.07, 6.45) is 5.17. The number of aromatic nitrogens is 2. The number of fused-ring (bicyclic) bond motifs is 1. The Balaban J connectivity index is 1.55. The van der Waals surface area contributed by atoms with Crippen molar-refractivity contribution >= 4 is 16.9 Å². The van der Waals surface area contributed by atoms with Gasteiger partial charge >= 0.3 is 0 Å². The zero-order chi connectivity index (χ0) is 21.0. The van der Waals surface area contributed by atoms with Crippen LogP contribution in [0.4, 0.5) is 5.95 Å². The van der Waals surface area contributed by atoms with Crippen LogP contribution in [0.15, 0.2) is 18.2 Å².